The monoisotopic (exact) mass is 189 g/mol. The minimum absolute atomic E-state index is 1.14. The molecule has 0 aliphatic rings. The molecular weight excluding hydrogens is 170 g/mol. The van der Waals surface area contributed by atoms with Gasteiger partial charge in [-0.2, -0.15) is 0 Å². The molecule has 0 aliphatic carbocycles. The van der Waals surface area contributed by atoms with Crippen molar-refractivity contribution >= 4 is 5.57 Å². The minimum Gasteiger partial charge on any atom is -0.253 e. The van der Waals surface area contributed by atoms with Gasteiger partial charge in [0.05, 0.1) is 5.69 Å². The highest BCUT2D eigenvalue weighted by atomic mass is 14.7. The van der Waals surface area contributed by atoms with Crippen LogP contribution in [0.25, 0.3) is 5.57 Å². The van der Waals surface area contributed by atoms with E-state index in [1.165, 1.54) is 22.3 Å². The Labute approximate surface area is 86.9 Å². The molecule has 1 heterocycles. The van der Waals surface area contributed by atoms with Crippen LogP contribution in [0.15, 0.2) is 6.08 Å². The molecule has 1 aromatic rings. The Bertz CT molecular complexity index is 387. The summed E-state index contributed by atoms with van der Waals surface area (Å²) in [7, 11) is 0. The van der Waals surface area contributed by atoms with Gasteiger partial charge in [0.25, 0.3) is 0 Å². The quantitative estimate of drug-likeness (QED) is 0.656. The molecule has 1 nitrogen and oxygen atoms in total. The highest BCUT2D eigenvalue weighted by molar-refractivity contribution is 5.64. The molecule has 0 aliphatic heterocycles. The highest BCUT2D eigenvalue weighted by Gasteiger charge is 2.09. The van der Waals surface area contributed by atoms with Crippen LogP contribution in [0.4, 0.5) is 0 Å². The summed E-state index contributed by atoms with van der Waals surface area (Å²) in [6, 6.07) is 0. The van der Waals surface area contributed by atoms with Gasteiger partial charge in [-0.25, -0.2) is 0 Å². The summed E-state index contributed by atoms with van der Waals surface area (Å²) in [5, 5.41) is 0. The van der Waals surface area contributed by atoms with Gasteiger partial charge >= 0.3 is 0 Å². The van der Waals surface area contributed by atoms with E-state index in [1.807, 2.05) is 0 Å². The Morgan fingerprint density at radius 2 is 1.57 bits per heavy atom. The predicted molar refractivity (Wildman–Crippen MR) is 62.5 cm³/mol. The van der Waals surface area contributed by atoms with Crippen LogP contribution in [0, 0.1) is 27.7 Å². The third-order valence-corrected chi connectivity index (χ3v) is 3.11. The second kappa shape index (κ2) is 3.95. The molecule has 0 atom stereocenters. The van der Waals surface area contributed by atoms with E-state index in [9.17, 15) is 0 Å². The molecule has 0 amide bonds. The first kappa shape index (κ1) is 11.0. The second-order valence-corrected chi connectivity index (χ2v) is 3.89. The number of nitrogens with zero attached hydrogens (tertiary/aromatic N) is 1. The van der Waals surface area contributed by atoms with Crippen LogP contribution >= 0.6 is 0 Å². The standard InChI is InChI=1S/C13H19N/c1-7-8(2)13-11(5)9(3)10(4)12(6)14-13/h7H,1-6H3/b8-7+. The maximum Gasteiger partial charge on any atom is 0.0690 e. The third-order valence-electron chi connectivity index (χ3n) is 3.11. The zero-order valence-electron chi connectivity index (χ0n) is 10.0. The molecule has 0 saturated carbocycles. The second-order valence-electron chi connectivity index (χ2n) is 3.89. The maximum absolute atomic E-state index is 4.64. The third kappa shape index (κ3) is 1.72. The van der Waals surface area contributed by atoms with Crippen molar-refractivity contribution in [2.24, 2.45) is 0 Å². The van der Waals surface area contributed by atoms with Crippen molar-refractivity contribution < 1.29 is 0 Å². The Kier molecular flexibility index (Phi) is 3.10. The van der Waals surface area contributed by atoms with Gasteiger partial charge in [-0.15, -0.1) is 0 Å². The lowest BCUT2D eigenvalue weighted by Crippen LogP contribution is -2.00. The SMILES string of the molecule is C/C=C(\C)c1nc(C)c(C)c(C)c1C. The van der Waals surface area contributed by atoms with Gasteiger partial charge in [-0.05, 0) is 63.8 Å². The Hall–Kier alpha value is -1.11. The topological polar surface area (TPSA) is 12.9 Å². The van der Waals surface area contributed by atoms with E-state index in [-0.39, 0.29) is 0 Å². The van der Waals surface area contributed by atoms with Gasteiger partial charge in [-0.3, -0.25) is 4.98 Å². The van der Waals surface area contributed by atoms with Crippen molar-refractivity contribution in [2.45, 2.75) is 41.5 Å². The van der Waals surface area contributed by atoms with Crippen molar-refractivity contribution in [1.29, 1.82) is 0 Å². The number of allylic oxidation sites excluding steroid dienone is 2. The zero-order valence-corrected chi connectivity index (χ0v) is 10.0. The van der Waals surface area contributed by atoms with E-state index >= 15 is 0 Å². The lowest BCUT2D eigenvalue weighted by atomic mass is 9.99. The number of hydrogen-bond acceptors (Lipinski definition) is 1. The van der Waals surface area contributed by atoms with E-state index in [0.717, 1.165) is 11.4 Å². The summed E-state index contributed by atoms with van der Waals surface area (Å²) >= 11 is 0. The van der Waals surface area contributed by atoms with Gasteiger partial charge in [0.1, 0.15) is 0 Å². The molecule has 1 rings (SSSR count). The predicted octanol–water partition coefficient (Wildman–Crippen LogP) is 3.74. The highest BCUT2D eigenvalue weighted by Crippen LogP contribution is 2.23. The maximum atomic E-state index is 4.64. The number of pyridine rings is 1. The van der Waals surface area contributed by atoms with Crippen molar-refractivity contribution in [3.8, 4) is 0 Å². The normalized spacial score (nSPS) is 12.0. The van der Waals surface area contributed by atoms with E-state index in [2.05, 4.69) is 52.6 Å². The fourth-order valence-electron chi connectivity index (χ4n) is 1.59. The number of rotatable bonds is 1. The van der Waals surface area contributed by atoms with E-state index < -0.39 is 0 Å². The first-order valence-corrected chi connectivity index (χ1v) is 5.06. The molecule has 0 saturated heterocycles. The average Bonchev–Trinajstić information content (AvgIpc) is 2.19. The van der Waals surface area contributed by atoms with Crippen molar-refractivity contribution in [3.63, 3.8) is 0 Å². The molecule has 0 fully saturated rings. The summed E-state index contributed by atoms with van der Waals surface area (Å²) < 4.78 is 0. The van der Waals surface area contributed by atoms with Crippen LogP contribution in [-0.2, 0) is 0 Å². The molecule has 0 bridgehead atoms. The fourth-order valence-corrected chi connectivity index (χ4v) is 1.59. The lowest BCUT2D eigenvalue weighted by Gasteiger charge is -2.13. The van der Waals surface area contributed by atoms with Crippen LogP contribution in [-0.4, -0.2) is 4.98 Å². The van der Waals surface area contributed by atoms with Crippen LogP contribution < -0.4 is 0 Å². The smallest absolute Gasteiger partial charge is 0.0690 e. The van der Waals surface area contributed by atoms with Crippen LogP contribution in [0.2, 0.25) is 0 Å². The van der Waals surface area contributed by atoms with E-state index in [1.54, 1.807) is 0 Å². The van der Waals surface area contributed by atoms with E-state index in [4.69, 9.17) is 0 Å². The van der Waals surface area contributed by atoms with Crippen LogP contribution in [0.5, 0.6) is 0 Å². The zero-order chi connectivity index (χ0) is 10.9. The number of hydrogen-bond donors (Lipinski definition) is 0. The summed E-state index contributed by atoms with van der Waals surface area (Å²) in [4.78, 5) is 4.64. The summed E-state index contributed by atoms with van der Waals surface area (Å²) in [5.74, 6) is 0. The molecule has 0 aromatic carbocycles. The molecule has 0 unspecified atom stereocenters. The van der Waals surface area contributed by atoms with Gasteiger partial charge < -0.3 is 0 Å². The molecule has 0 radical (unpaired) electrons. The minimum atomic E-state index is 1.14. The Morgan fingerprint density at radius 1 is 1.00 bits per heavy atom. The molecular formula is C13H19N. The van der Waals surface area contributed by atoms with Crippen molar-refractivity contribution in [1.82, 2.24) is 4.98 Å². The largest absolute Gasteiger partial charge is 0.253 e. The van der Waals surface area contributed by atoms with Gasteiger partial charge in [0, 0.05) is 5.69 Å². The summed E-state index contributed by atoms with van der Waals surface area (Å²) in [5.41, 5.74) is 7.54. The Morgan fingerprint density at radius 3 is 2.07 bits per heavy atom. The van der Waals surface area contributed by atoms with Gasteiger partial charge in [0.2, 0.25) is 0 Å². The molecule has 76 valence electrons. The van der Waals surface area contributed by atoms with Crippen LogP contribution in [0.1, 0.15) is 41.9 Å². The lowest BCUT2D eigenvalue weighted by molar-refractivity contribution is 1.06. The molecule has 1 aromatic heterocycles. The first-order valence-electron chi connectivity index (χ1n) is 5.06. The molecule has 14 heavy (non-hydrogen) atoms. The first-order chi connectivity index (χ1) is 6.49. The van der Waals surface area contributed by atoms with Crippen molar-refractivity contribution in [2.75, 3.05) is 0 Å². The summed E-state index contributed by atoms with van der Waals surface area (Å²) in [6.45, 7) is 12.7. The number of aromatic nitrogens is 1. The average molecular weight is 189 g/mol. The molecule has 1 heteroatoms. The van der Waals surface area contributed by atoms with E-state index in [0.29, 0.717) is 0 Å². The van der Waals surface area contributed by atoms with Crippen molar-refractivity contribution in [3.05, 3.63) is 34.2 Å². The van der Waals surface area contributed by atoms with Crippen LogP contribution in [0.3, 0.4) is 0 Å². The number of aryl methyl sites for hydroxylation is 1. The van der Waals surface area contributed by atoms with Gasteiger partial charge in [-0.1, -0.05) is 6.08 Å². The molecule has 0 N–H and O–H groups in total. The molecule has 0 spiro atoms. The Balaban J connectivity index is 3.48. The fraction of sp³-hybridized carbons (Fsp3) is 0.462. The van der Waals surface area contributed by atoms with Gasteiger partial charge in [0.15, 0.2) is 0 Å². The summed E-state index contributed by atoms with van der Waals surface area (Å²) in [6.07, 6.45) is 2.11.